The lowest BCUT2D eigenvalue weighted by atomic mass is 9.90. The van der Waals surface area contributed by atoms with Crippen molar-refractivity contribution in [2.45, 2.75) is 60.1 Å². The summed E-state index contributed by atoms with van der Waals surface area (Å²) in [5.74, 6) is -1.10. The summed E-state index contributed by atoms with van der Waals surface area (Å²) < 4.78 is 31.2. The number of anilines is 1. The van der Waals surface area contributed by atoms with Crippen LogP contribution in [0.3, 0.4) is 0 Å². The van der Waals surface area contributed by atoms with Crippen LogP contribution in [0.1, 0.15) is 78.3 Å². The summed E-state index contributed by atoms with van der Waals surface area (Å²) in [6, 6.07) is 6.09. The van der Waals surface area contributed by atoms with Gasteiger partial charge in [0.15, 0.2) is 0 Å². The number of hydrogen-bond donors (Lipinski definition) is 1. The molecule has 228 valence electrons. The predicted molar refractivity (Wildman–Crippen MR) is 157 cm³/mol. The van der Waals surface area contributed by atoms with Crippen molar-refractivity contribution in [3.63, 3.8) is 0 Å². The Bertz CT molecular complexity index is 1350. The van der Waals surface area contributed by atoms with E-state index in [-0.39, 0.29) is 57.2 Å². The molecule has 2 heterocycles. The fourth-order valence-corrected chi connectivity index (χ4v) is 5.96. The second-order valence-electron chi connectivity index (χ2n) is 11.0. The standard InChI is InChI=1S/C30H39FN4O6S/c1-8-40-28(37)25-19(4)24-26(36)35(16-30(5,6)29(38)33-18(2)3)17-34(27(24)42-25)15-23(41-13-9-12-32)21-14-20(31)10-11-22(21)39-7/h10-11,14,18,23H,8-9,13,15-17H2,1-7H3,(H,33,38). The van der Waals surface area contributed by atoms with E-state index in [2.05, 4.69) is 5.32 Å². The molecular weight excluding hydrogens is 563 g/mol. The van der Waals surface area contributed by atoms with E-state index in [1.807, 2.05) is 24.8 Å². The zero-order valence-corrected chi connectivity index (χ0v) is 26.0. The summed E-state index contributed by atoms with van der Waals surface area (Å²) in [5, 5.41) is 12.6. The molecule has 0 saturated heterocycles. The number of ether oxygens (including phenoxy) is 3. The molecule has 1 atom stereocenters. The molecule has 42 heavy (non-hydrogen) atoms. The Hall–Kier alpha value is -3.69. The fourth-order valence-electron chi connectivity index (χ4n) is 4.77. The summed E-state index contributed by atoms with van der Waals surface area (Å²) in [6.45, 7) is 11.3. The van der Waals surface area contributed by atoms with Gasteiger partial charge >= 0.3 is 5.97 Å². The molecule has 0 fully saturated rings. The van der Waals surface area contributed by atoms with E-state index in [1.54, 1.807) is 32.6 Å². The lowest BCUT2D eigenvalue weighted by Crippen LogP contribution is -2.53. The summed E-state index contributed by atoms with van der Waals surface area (Å²) in [4.78, 5) is 43.5. The third-order valence-corrected chi connectivity index (χ3v) is 8.13. The van der Waals surface area contributed by atoms with Crippen molar-refractivity contribution in [2.24, 2.45) is 5.41 Å². The third-order valence-electron chi connectivity index (χ3n) is 6.80. The number of nitrogens with one attached hydrogen (secondary N) is 1. The predicted octanol–water partition coefficient (Wildman–Crippen LogP) is 4.82. The molecule has 0 spiro atoms. The van der Waals surface area contributed by atoms with Gasteiger partial charge in [0.1, 0.15) is 27.5 Å². The van der Waals surface area contributed by atoms with Crippen LogP contribution in [0, 0.1) is 29.5 Å². The van der Waals surface area contributed by atoms with Crippen LogP contribution in [-0.2, 0) is 14.3 Å². The van der Waals surface area contributed by atoms with Gasteiger partial charge in [0.25, 0.3) is 5.91 Å². The van der Waals surface area contributed by atoms with Crippen LogP contribution in [0.25, 0.3) is 0 Å². The molecular formula is C30H39FN4O6S. The minimum atomic E-state index is -0.925. The SMILES string of the molecule is CCOC(=O)c1sc2c(c1C)C(=O)N(CC(C)(C)C(=O)NC(C)C)CN2CC(OCCC#N)c1cc(F)ccc1OC. The van der Waals surface area contributed by atoms with E-state index in [1.165, 1.54) is 25.3 Å². The topological polar surface area (TPSA) is 121 Å². The number of thiophene rings is 1. The summed E-state index contributed by atoms with van der Waals surface area (Å²) >= 11 is 1.15. The van der Waals surface area contributed by atoms with Crippen molar-refractivity contribution in [3.8, 4) is 11.8 Å². The van der Waals surface area contributed by atoms with Gasteiger partial charge in [0.2, 0.25) is 5.91 Å². The molecule has 2 amide bonds. The van der Waals surface area contributed by atoms with E-state index >= 15 is 0 Å². The summed E-state index contributed by atoms with van der Waals surface area (Å²) in [7, 11) is 1.47. The van der Waals surface area contributed by atoms with Gasteiger partial charge < -0.3 is 29.3 Å². The zero-order chi connectivity index (χ0) is 31.2. The van der Waals surface area contributed by atoms with Gasteiger partial charge in [0.05, 0.1) is 57.0 Å². The van der Waals surface area contributed by atoms with Crippen LogP contribution >= 0.6 is 11.3 Å². The number of benzene rings is 1. The number of carbonyl (C=O) groups excluding carboxylic acids is 3. The average Bonchev–Trinajstić information content (AvgIpc) is 3.28. The molecule has 1 unspecified atom stereocenters. The summed E-state index contributed by atoms with van der Waals surface area (Å²) in [5.41, 5.74) is 0.348. The Morgan fingerprint density at radius 1 is 1.26 bits per heavy atom. The van der Waals surface area contributed by atoms with Gasteiger partial charge in [-0.3, -0.25) is 9.59 Å². The smallest absolute Gasteiger partial charge is 0.348 e. The first kappa shape index (κ1) is 32.8. The Morgan fingerprint density at radius 3 is 2.60 bits per heavy atom. The number of hydrogen-bond acceptors (Lipinski definition) is 9. The Labute approximate surface area is 250 Å². The van der Waals surface area contributed by atoms with Gasteiger partial charge in [-0.05, 0) is 65.3 Å². The quantitative estimate of drug-likeness (QED) is 0.256. The van der Waals surface area contributed by atoms with E-state index in [9.17, 15) is 18.8 Å². The van der Waals surface area contributed by atoms with Crippen LogP contribution < -0.4 is 15.0 Å². The third kappa shape index (κ3) is 7.38. The van der Waals surface area contributed by atoms with Crippen molar-refractivity contribution < 1.29 is 33.0 Å². The monoisotopic (exact) mass is 602 g/mol. The average molecular weight is 603 g/mol. The molecule has 0 saturated carbocycles. The highest BCUT2D eigenvalue weighted by Gasteiger charge is 2.40. The molecule has 0 aliphatic carbocycles. The number of rotatable bonds is 13. The van der Waals surface area contributed by atoms with Crippen molar-refractivity contribution in [1.82, 2.24) is 10.2 Å². The minimum Gasteiger partial charge on any atom is -0.496 e. The normalized spacial score (nSPS) is 14.0. The highest BCUT2D eigenvalue weighted by atomic mass is 32.1. The Morgan fingerprint density at radius 2 is 1.98 bits per heavy atom. The van der Waals surface area contributed by atoms with Gasteiger partial charge in [-0.2, -0.15) is 5.26 Å². The van der Waals surface area contributed by atoms with E-state index in [0.717, 1.165) is 11.3 Å². The zero-order valence-electron chi connectivity index (χ0n) is 25.2. The largest absolute Gasteiger partial charge is 0.496 e. The van der Waals surface area contributed by atoms with Crippen LogP contribution in [0.15, 0.2) is 18.2 Å². The number of nitriles is 1. The second kappa shape index (κ2) is 14.0. The van der Waals surface area contributed by atoms with Gasteiger partial charge in [-0.25, -0.2) is 9.18 Å². The molecule has 3 rings (SSSR count). The van der Waals surface area contributed by atoms with Gasteiger partial charge in [0, 0.05) is 18.2 Å². The van der Waals surface area contributed by atoms with Crippen molar-refractivity contribution in [1.29, 1.82) is 5.26 Å². The van der Waals surface area contributed by atoms with Crippen LogP contribution in [0.5, 0.6) is 5.75 Å². The number of methoxy groups -OCH3 is 1. The number of esters is 1. The first-order valence-corrected chi connectivity index (χ1v) is 14.6. The van der Waals surface area contributed by atoms with Crippen molar-refractivity contribution in [2.75, 3.05) is 45.0 Å². The molecule has 1 aliphatic rings. The van der Waals surface area contributed by atoms with E-state index in [4.69, 9.17) is 19.5 Å². The molecule has 12 heteroatoms. The number of halogens is 1. The Balaban J connectivity index is 2.09. The first-order valence-electron chi connectivity index (χ1n) is 13.8. The van der Waals surface area contributed by atoms with Crippen LogP contribution in [0.4, 0.5) is 9.39 Å². The number of nitrogens with zero attached hydrogens (tertiary/aromatic N) is 3. The molecule has 0 radical (unpaired) electrons. The highest BCUT2D eigenvalue weighted by molar-refractivity contribution is 7.18. The molecule has 10 nitrogen and oxygen atoms in total. The van der Waals surface area contributed by atoms with Crippen LogP contribution in [0.2, 0.25) is 0 Å². The van der Waals surface area contributed by atoms with Crippen molar-refractivity contribution >= 4 is 34.1 Å². The maximum atomic E-state index is 14.4. The maximum absolute atomic E-state index is 14.4. The van der Waals surface area contributed by atoms with E-state index in [0.29, 0.717) is 32.3 Å². The van der Waals surface area contributed by atoms with Gasteiger partial charge in [-0.15, -0.1) is 11.3 Å². The molecule has 1 N–H and O–H groups in total. The maximum Gasteiger partial charge on any atom is 0.348 e. The Kier molecular flexibility index (Phi) is 10.9. The second-order valence-corrected chi connectivity index (χ2v) is 12.0. The highest BCUT2D eigenvalue weighted by Crippen LogP contribution is 2.42. The lowest BCUT2D eigenvalue weighted by molar-refractivity contribution is -0.130. The number of carbonyl (C=O) groups is 3. The molecule has 1 aromatic heterocycles. The fraction of sp³-hybridized carbons (Fsp3) is 0.533. The molecule has 2 aromatic rings. The number of amides is 2. The molecule has 1 aromatic carbocycles. The van der Waals surface area contributed by atoms with Crippen LogP contribution in [-0.4, -0.2) is 68.8 Å². The van der Waals surface area contributed by atoms with E-state index < -0.39 is 23.3 Å². The first-order chi connectivity index (χ1) is 19.8. The van der Waals surface area contributed by atoms with Gasteiger partial charge in [-0.1, -0.05) is 0 Å². The molecule has 0 bridgehead atoms. The van der Waals surface area contributed by atoms with Crippen molar-refractivity contribution in [3.05, 3.63) is 45.6 Å². The summed E-state index contributed by atoms with van der Waals surface area (Å²) in [6.07, 6.45) is -0.633. The number of fused-ring (bicyclic) bond motifs is 1. The molecule has 1 aliphatic heterocycles. The lowest BCUT2D eigenvalue weighted by Gasteiger charge is -2.41. The minimum absolute atomic E-state index is 0.0734.